The van der Waals surface area contributed by atoms with Crippen molar-refractivity contribution in [1.29, 1.82) is 0 Å². The Morgan fingerprint density at radius 1 is 1.05 bits per heavy atom. The van der Waals surface area contributed by atoms with Crippen LogP contribution < -0.4 is 0 Å². The quantitative estimate of drug-likeness (QED) is 0.328. The molecule has 1 heterocycles. The van der Waals surface area contributed by atoms with Gasteiger partial charge in [-0.15, -0.1) is 0 Å². The van der Waals surface area contributed by atoms with Gasteiger partial charge in [0, 0.05) is 6.08 Å². The van der Waals surface area contributed by atoms with Crippen LogP contribution in [0.1, 0.15) is 0 Å². The van der Waals surface area contributed by atoms with Crippen LogP contribution in [0.4, 0.5) is 0 Å². The van der Waals surface area contributed by atoms with E-state index in [4.69, 9.17) is 14.6 Å². The molecule has 2 rings (SSSR count). The summed E-state index contributed by atoms with van der Waals surface area (Å²) in [6, 6.07) is 0. The van der Waals surface area contributed by atoms with Gasteiger partial charge in [-0.05, 0) is 12.2 Å². The van der Waals surface area contributed by atoms with Crippen molar-refractivity contribution in [3.8, 4) is 0 Å². The van der Waals surface area contributed by atoms with Gasteiger partial charge in [-0.2, -0.15) is 0 Å². The third-order valence-electron chi connectivity index (χ3n) is 3.02. The zero-order valence-corrected chi connectivity index (χ0v) is 10.2. The molecule has 0 unspecified atom stereocenters. The highest BCUT2D eigenvalue weighted by atomic mass is 16.7. The standard InChI is InChI=1S/C12H14O8/c13-4-8-9(16)10(17)11(18)12(20-8)19-5-1-2-6(14)7(15)3-5/h1-3,8-13,16-18H,4H2/t8-,9-,10+,11-,12-/m1/s1. The van der Waals surface area contributed by atoms with E-state index in [0.29, 0.717) is 0 Å². The average molecular weight is 286 g/mol. The number of aliphatic hydroxyl groups is 4. The molecule has 0 saturated carbocycles. The Morgan fingerprint density at radius 3 is 2.35 bits per heavy atom. The molecule has 4 N–H and O–H groups in total. The van der Waals surface area contributed by atoms with E-state index in [-0.39, 0.29) is 5.76 Å². The van der Waals surface area contributed by atoms with Crippen molar-refractivity contribution in [2.45, 2.75) is 30.7 Å². The summed E-state index contributed by atoms with van der Waals surface area (Å²) < 4.78 is 10.3. The molecule has 0 radical (unpaired) electrons. The lowest BCUT2D eigenvalue weighted by atomic mass is 9.99. The summed E-state index contributed by atoms with van der Waals surface area (Å²) in [6.07, 6.45) is -4.00. The van der Waals surface area contributed by atoms with Crippen LogP contribution in [0.5, 0.6) is 0 Å². The molecule has 1 fully saturated rings. The van der Waals surface area contributed by atoms with E-state index in [1.54, 1.807) is 0 Å². The topological polar surface area (TPSA) is 134 Å². The third-order valence-corrected chi connectivity index (χ3v) is 3.02. The van der Waals surface area contributed by atoms with Crippen LogP contribution in [-0.4, -0.2) is 69.3 Å². The SMILES string of the molecule is O=C1C=CC(O[C@@H]2O[C@H](CO)[C@@H](O)[C@H](O)[C@H]2O)=CC1=O. The van der Waals surface area contributed by atoms with Crippen LogP contribution in [0.2, 0.25) is 0 Å². The molecule has 1 aliphatic heterocycles. The van der Waals surface area contributed by atoms with Crippen LogP contribution in [0, 0.1) is 0 Å². The van der Waals surface area contributed by atoms with Gasteiger partial charge >= 0.3 is 0 Å². The first-order valence-corrected chi connectivity index (χ1v) is 5.89. The molecule has 8 heteroatoms. The maximum absolute atomic E-state index is 11.2. The summed E-state index contributed by atoms with van der Waals surface area (Å²) in [5.74, 6) is -1.52. The van der Waals surface area contributed by atoms with E-state index < -0.39 is 48.9 Å². The first-order valence-electron chi connectivity index (χ1n) is 5.89. The van der Waals surface area contributed by atoms with Crippen molar-refractivity contribution in [2.75, 3.05) is 6.61 Å². The van der Waals surface area contributed by atoms with Gasteiger partial charge in [-0.1, -0.05) is 0 Å². The van der Waals surface area contributed by atoms with Crippen molar-refractivity contribution < 1.29 is 39.5 Å². The Labute approximate surface area is 113 Å². The molecule has 0 aromatic carbocycles. The summed E-state index contributed by atoms with van der Waals surface area (Å²) >= 11 is 0. The van der Waals surface area contributed by atoms with Gasteiger partial charge in [0.05, 0.1) is 6.61 Å². The van der Waals surface area contributed by atoms with Crippen molar-refractivity contribution in [1.82, 2.24) is 0 Å². The first kappa shape index (κ1) is 14.8. The van der Waals surface area contributed by atoms with Gasteiger partial charge in [0.25, 0.3) is 0 Å². The number of hydrogen-bond acceptors (Lipinski definition) is 8. The van der Waals surface area contributed by atoms with E-state index in [1.165, 1.54) is 6.08 Å². The van der Waals surface area contributed by atoms with E-state index in [9.17, 15) is 24.9 Å². The van der Waals surface area contributed by atoms with Crippen LogP contribution in [0.3, 0.4) is 0 Å². The predicted molar refractivity (Wildman–Crippen MR) is 62.1 cm³/mol. The third kappa shape index (κ3) is 2.79. The van der Waals surface area contributed by atoms with Gasteiger partial charge in [-0.3, -0.25) is 9.59 Å². The fourth-order valence-corrected chi connectivity index (χ4v) is 1.86. The number of ketones is 2. The van der Waals surface area contributed by atoms with Crippen LogP contribution in [0.15, 0.2) is 24.0 Å². The Hall–Kier alpha value is -1.58. The maximum Gasteiger partial charge on any atom is 0.229 e. The molecule has 0 aromatic heterocycles. The van der Waals surface area contributed by atoms with Crippen LogP contribution >= 0.6 is 0 Å². The molecule has 0 aromatic rings. The number of hydrogen-bond donors (Lipinski definition) is 4. The van der Waals surface area contributed by atoms with E-state index in [0.717, 1.165) is 12.2 Å². The molecule has 1 saturated heterocycles. The lowest BCUT2D eigenvalue weighted by Gasteiger charge is -2.39. The molecule has 0 spiro atoms. The highest BCUT2D eigenvalue weighted by molar-refractivity contribution is 6.46. The Morgan fingerprint density at radius 2 is 1.75 bits per heavy atom. The summed E-state index contributed by atoms with van der Waals surface area (Å²) in [5.41, 5.74) is 0. The summed E-state index contributed by atoms with van der Waals surface area (Å²) in [5, 5.41) is 37.9. The first-order chi connectivity index (χ1) is 9.43. The number of rotatable bonds is 3. The van der Waals surface area contributed by atoms with Crippen LogP contribution in [0.25, 0.3) is 0 Å². The minimum absolute atomic E-state index is 0.0288. The second kappa shape index (κ2) is 5.81. The molecule has 20 heavy (non-hydrogen) atoms. The maximum atomic E-state index is 11.2. The fourth-order valence-electron chi connectivity index (χ4n) is 1.86. The smallest absolute Gasteiger partial charge is 0.229 e. The monoisotopic (exact) mass is 286 g/mol. The Kier molecular flexibility index (Phi) is 4.31. The van der Waals surface area contributed by atoms with E-state index >= 15 is 0 Å². The summed E-state index contributed by atoms with van der Waals surface area (Å²) in [7, 11) is 0. The van der Waals surface area contributed by atoms with Crippen LogP contribution in [-0.2, 0) is 19.1 Å². The molecule has 5 atom stereocenters. The number of carbonyl (C=O) groups excluding carboxylic acids is 2. The molecule has 0 amide bonds. The number of carbonyl (C=O) groups is 2. The predicted octanol–water partition coefficient (Wildman–Crippen LogP) is -2.61. The fraction of sp³-hybridized carbons (Fsp3) is 0.500. The average Bonchev–Trinajstić information content (AvgIpc) is 2.43. The molecular weight excluding hydrogens is 272 g/mol. The largest absolute Gasteiger partial charge is 0.462 e. The zero-order valence-electron chi connectivity index (χ0n) is 10.2. The van der Waals surface area contributed by atoms with Gasteiger partial charge in [-0.25, -0.2) is 0 Å². The molecule has 0 bridgehead atoms. The van der Waals surface area contributed by atoms with Gasteiger partial charge in [0.2, 0.25) is 17.9 Å². The van der Waals surface area contributed by atoms with E-state index in [1.807, 2.05) is 0 Å². The molecule has 8 nitrogen and oxygen atoms in total. The number of ether oxygens (including phenoxy) is 2. The molecular formula is C12H14O8. The molecule has 1 aliphatic carbocycles. The Bertz CT molecular complexity index is 466. The molecule has 2 aliphatic rings. The Balaban J connectivity index is 2.09. The zero-order chi connectivity index (χ0) is 14.9. The summed E-state index contributed by atoms with van der Waals surface area (Å²) in [6.45, 7) is -0.586. The number of allylic oxidation sites excluding steroid dienone is 3. The summed E-state index contributed by atoms with van der Waals surface area (Å²) in [4.78, 5) is 22.1. The minimum atomic E-state index is -1.57. The van der Waals surface area contributed by atoms with Crippen molar-refractivity contribution >= 4 is 11.6 Å². The van der Waals surface area contributed by atoms with Crippen molar-refractivity contribution in [2.24, 2.45) is 0 Å². The molecule has 110 valence electrons. The lowest BCUT2D eigenvalue weighted by Crippen LogP contribution is -2.59. The number of aliphatic hydroxyl groups excluding tert-OH is 4. The van der Waals surface area contributed by atoms with E-state index in [2.05, 4.69) is 0 Å². The normalized spacial score (nSPS) is 37.8. The highest BCUT2D eigenvalue weighted by Crippen LogP contribution is 2.24. The van der Waals surface area contributed by atoms with Gasteiger partial charge in [0.15, 0.2) is 0 Å². The van der Waals surface area contributed by atoms with Gasteiger partial charge in [0.1, 0.15) is 30.2 Å². The second-order valence-corrected chi connectivity index (χ2v) is 4.42. The highest BCUT2D eigenvalue weighted by Gasteiger charge is 2.44. The second-order valence-electron chi connectivity index (χ2n) is 4.42. The van der Waals surface area contributed by atoms with Crippen molar-refractivity contribution in [3.05, 3.63) is 24.0 Å². The minimum Gasteiger partial charge on any atom is -0.462 e. The lowest BCUT2D eigenvalue weighted by molar-refractivity contribution is -0.290. The van der Waals surface area contributed by atoms with Crippen molar-refractivity contribution in [3.63, 3.8) is 0 Å². The van der Waals surface area contributed by atoms with Gasteiger partial charge < -0.3 is 29.9 Å².